The highest BCUT2D eigenvalue weighted by Gasteiger charge is 2.25. The molecule has 0 aliphatic rings. The molecule has 1 atom stereocenters. The summed E-state index contributed by atoms with van der Waals surface area (Å²) in [6, 6.07) is -0.926. The molecule has 0 saturated carbocycles. The van der Waals surface area contributed by atoms with E-state index in [-0.39, 0.29) is 13.0 Å². The molecule has 0 heterocycles. The third-order valence-electron chi connectivity index (χ3n) is 2.13. The van der Waals surface area contributed by atoms with Gasteiger partial charge in [-0.15, -0.1) is 0 Å². The Morgan fingerprint density at radius 3 is 2.00 bits per heavy atom. The molecule has 0 radical (unpaired) electrons. The van der Waals surface area contributed by atoms with Crippen LogP contribution in [0.1, 0.15) is 27.2 Å². The Kier molecular flexibility index (Phi) is 4.76. The fourth-order valence-corrected chi connectivity index (χ4v) is 1.04. The van der Waals surface area contributed by atoms with Crippen molar-refractivity contribution in [1.82, 2.24) is 0 Å². The van der Waals surface area contributed by atoms with Gasteiger partial charge in [0.25, 0.3) is 0 Å². The Bertz CT molecular complexity index is 269. The van der Waals surface area contributed by atoms with E-state index < -0.39 is 15.9 Å². The van der Waals surface area contributed by atoms with Gasteiger partial charge >= 0.3 is 0 Å². The molecule has 0 bridgehead atoms. The van der Waals surface area contributed by atoms with Crippen LogP contribution in [-0.4, -0.2) is 22.4 Å². The Morgan fingerprint density at radius 1 is 1.21 bits per heavy atom. The standard InChI is InChI=1S/C8H14N2O4/c1-6(2)7(3)8(10(13)14)4-5-9(11)12/h8H,4-5H2,1-3H3. The van der Waals surface area contributed by atoms with Crippen molar-refractivity contribution in [2.45, 2.75) is 33.2 Å². The van der Waals surface area contributed by atoms with Crippen LogP contribution >= 0.6 is 0 Å². The Morgan fingerprint density at radius 2 is 1.71 bits per heavy atom. The van der Waals surface area contributed by atoms with E-state index >= 15 is 0 Å². The van der Waals surface area contributed by atoms with Gasteiger partial charge in [0.05, 0.1) is 6.42 Å². The number of rotatable bonds is 5. The van der Waals surface area contributed by atoms with Gasteiger partial charge in [-0.05, 0) is 26.3 Å². The van der Waals surface area contributed by atoms with E-state index in [9.17, 15) is 20.2 Å². The Labute approximate surface area is 81.9 Å². The van der Waals surface area contributed by atoms with E-state index in [0.717, 1.165) is 5.57 Å². The summed E-state index contributed by atoms with van der Waals surface area (Å²) < 4.78 is 0. The second-order valence-electron chi connectivity index (χ2n) is 3.33. The lowest BCUT2D eigenvalue weighted by Gasteiger charge is -2.09. The van der Waals surface area contributed by atoms with Crippen LogP contribution in [0.5, 0.6) is 0 Å². The van der Waals surface area contributed by atoms with Crippen molar-refractivity contribution in [3.63, 3.8) is 0 Å². The van der Waals surface area contributed by atoms with Crippen molar-refractivity contribution in [3.05, 3.63) is 31.4 Å². The zero-order valence-electron chi connectivity index (χ0n) is 8.52. The lowest BCUT2D eigenvalue weighted by molar-refractivity contribution is -0.533. The molecule has 0 N–H and O–H groups in total. The lowest BCUT2D eigenvalue weighted by atomic mass is 10.0. The van der Waals surface area contributed by atoms with Gasteiger partial charge in [-0.3, -0.25) is 20.2 Å². The van der Waals surface area contributed by atoms with Gasteiger partial charge in [0.2, 0.25) is 12.6 Å². The number of hydrogen-bond acceptors (Lipinski definition) is 4. The monoisotopic (exact) mass is 202 g/mol. The van der Waals surface area contributed by atoms with E-state index in [2.05, 4.69) is 0 Å². The van der Waals surface area contributed by atoms with Crippen LogP contribution in [0.15, 0.2) is 11.1 Å². The van der Waals surface area contributed by atoms with Gasteiger partial charge in [0.15, 0.2) is 0 Å². The summed E-state index contributed by atoms with van der Waals surface area (Å²) in [5, 5.41) is 20.7. The summed E-state index contributed by atoms with van der Waals surface area (Å²) in [5.41, 5.74) is 1.45. The van der Waals surface area contributed by atoms with Gasteiger partial charge in [0, 0.05) is 9.85 Å². The molecular weight excluding hydrogens is 188 g/mol. The first-order valence-electron chi connectivity index (χ1n) is 4.25. The average Bonchev–Trinajstić information content (AvgIpc) is 2.02. The fraction of sp³-hybridized carbons (Fsp3) is 0.750. The largest absolute Gasteiger partial charge is 0.265 e. The molecule has 0 aromatic rings. The first kappa shape index (κ1) is 12.5. The Balaban J connectivity index is 4.54. The lowest BCUT2D eigenvalue weighted by Crippen LogP contribution is -2.24. The summed E-state index contributed by atoms with van der Waals surface area (Å²) in [7, 11) is 0. The first-order chi connectivity index (χ1) is 6.36. The number of nitrogens with zero attached hydrogens (tertiary/aromatic N) is 2. The van der Waals surface area contributed by atoms with Crippen molar-refractivity contribution in [3.8, 4) is 0 Å². The van der Waals surface area contributed by atoms with Crippen LogP contribution in [0.3, 0.4) is 0 Å². The topological polar surface area (TPSA) is 86.3 Å². The molecule has 0 rings (SSSR count). The minimum atomic E-state index is -0.926. The van der Waals surface area contributed by atoms with E-state index in [1.807, 2.05) is 0 Å². The van der Waals surface area contributed by atoms with Crippen LogP contribution in [0.2, 0.25) is 0 Å². The highest BCUT2D eigenvalue weighted by atomic mass is 16.6. The second-order valence-corrected chi connectivity index (χ2v) is 3.33. The van der Waals surface area contributed by atoms with Crippen LogP contribution in [-0.2, 0) is 0 Å². The van der Waals surface area contributed by atoms with E-state index in [1.54, 1.807) is 20.8 Å². The Hall–Kier alpha value is -1.46. The third kappa shape index (κ3) is 3.97. The van der Waals surface area contributed by atoms with Gasteiger partial charge in [-0.2, -0.15) is 0 Å². The summed E-state index contributed by atoms with van der Waals surface area (Å²) >= 11 is 0. The molecule has 6 nitrogen and oxygen atoms in total. The van der Waals surface area contributed by atoms with Crippen molar-refractivity contribution >= 4 is 0 Å². The average molecular weight is 202 g/mol. The van der Waals surface area contributed by atoms with Crippen molar-refractivity contribution in [2.24, 2.45) is 0 Å². The minimum Gasteiger partial charge on any atom is -0.265 e. The maximum absolute atomic E-state index is 10.6. The normalized spacial score (nSPS) is 11.9. The second kappa shape index (κ2) is 5.31. The zero-order chi connectivity index (χ0) is 11.3. The SMILES string of the molecule is CC(C)=C(C)C(CC[N+](=O)[O-])[N+](=O)[O-]. The van der Waals surface area contributed by atoms with Crippen LogP contribution in [0, 0.1) is 20.2 Å². The van der Waals surface area contributed by atoms with Crippen molar-refractivity contribution < 1.29 is 9.85 Å². The van der Waals surface area contributed by atoms with Crippen molar-refractivity contribution in [2.75, 3.05) is 6.54 Å². The highest BCUT2D eigenvalue weighted by Crippen LogP contribution is 2.13. The predicted molar refractivity (Wildman–Crippen MR) is 51.3 cm³/mol. The van der Waals surface area contributed by atoms with Gasteiger partial charge in [-0.1, -0.05) is 5.57 Å². The summed E-state index contributed by atoms with van der Waals surface area (Å²) in [5.74, 6) is 0. The smallest absolute Gasteiger partial charge is 0.240 e. The molecule has 80 valence electrons. The zero-order valence-corrected chi connectivity index (χ0v) is 8.52. The molecule has 0 aromatic heterocycles. The number of nitro groups is 2. The quantitative estimate of drug-likeness (QED) is 0.385. The van der Waals surface area contributed by atoms with Crippen LogP contribution < -0.4 is 0 Å². The minimum absolute atomic E-state index is 0.0446. The maximum Gasteiger partial charge on any atom is 0.240 e. The van der Waals surface area contributed by atoms with E-state index in [0.29, 0.717) is 5.57 Å². The number of hydrogen-bond donors (Lipinski definition) is 0. The molecule has 1 unspecified atom stereocenters. The number of allylic oxidation sites excluding steroid dienone is 1. The third-order valence-corrected chi connectivity index (χ3v) is 2.13. The van der Waals surface area contributed by atoms with Gasteiger partial charge in [0.1, 0.15) is 0 Å². The first-order valence-corrected chi connectivity index (χ1v) is 4.25. The summed E-state index contributed by atoms with van der Waals surface area (Å²) in [6.07, 6.45) is -0.0446. The molecule has 0 aromatic carbocycles. The molecular formula is C8H14N2O4. The molecule has 0 saturated heterocycles. The van der Waals surface area contributed by atoms with Crippen molar-refractivity contribution in [1.29, 1.82) is 0 Å². The van der Waals surface area contributed by atoms with Crippen LogP contribution in [0.25, 0.3) is 0 Å². The maximum atomic E-state index is 10.6. The van der Waals surface area contributed by atoms with Gasteiger partial charge < -0.3 is 0 Å². The van der Waals surface area contributed by atoms with Crippen LogP contribution in [0.4, 0.5) is 0 Å². The molecule has 0 aliphatic carbocycles. The summed E-state index contributed by atoms with van der Waals surface area (Å²) in [4.78, 5) is 19.7. The molecule has 6 heteroatoms. The molecule has 0 aliphatic heterocycles. The molecule has 0 amide bonds. The predicted octanol–water partition coefficient (Wildman–Crippen LogP) is 1.65. The molecule has 0 fully saturated rings. The fourth-order valence-electron chi connectivity index (χ4n) is 1.04. The van der Waals surface area contributed by atoms with Gasteiger partial charge in [-0.25, -0.2) is 0 Å². The summed E-state index contributed by atoms with van der Waals surface area (Å²) in [6.45, 7) is 4.80. The van der Waals surface area contributed by atoms with E-state index in [4.69, 9.17) is 0 Å². The van der Waals surface area contributed by atoms with E-state index in [1.165, 1.54) is 0 Å². The highest BCUT2D eigenvalue weighted by molar-refractivity contribution is 5.11. The molecule has 0 spiro atoms. The molecule has 14 heavy (non-hydrogen) atoms.